The van der Waals surface area contributed by atoms with Gasteiger partial charge in [-0.05, 0) is 25.4 Å². The average Bonchev–Trinajstić information content (AvgIpc) is 2.85. The summed E-state index contributed by atoms with van der Waals surface area (Å²) in [6.45, 7) is 4.70. The monoisotopic (exact) mass is 291 g/mol. The van der Waals surface area contributed by atoms with Crippen molar-refractivity contribution in [1.29, 1.82) is 0 Å². The molecule has 19 heavy (non-hydrogen) atoms. The summed E-state index contributed by atoms with van der Waals surface area (Å²) in [5.74, 6) is 0.703. The molecule has 0 saturated carbocycles. The van der Waals surface area contributed by atoms with E-state index in [1.165, 1.54) is 4.31 Å². The summed E-state index contributed by atoms with van der Waals surface area (Å²) in [5, 5.41) is 12.9. The summed E-state index contributed by atoms with van der Waals surface area (Å²) in [6, 6.07) is 0. The van der Waals surface area contributed by atoms with Crippen molar-refractivity contribution in [2.45, 2.75) is 6.42 Å². The molecular weight excluding hydrogens is 266 g/mol. The number of nitrogens with one attached hydrogen (secondary N) is 1. The smallest absolute Gasteiger partial charge is 0.213 e. The summed E-state index contributed by atoms with van der Waals surface area (Å²) in [5.41, 5.74) is 0.000420. The highest BCUT2D eigenvalue weighted by molar-refractivity contribution is 7.89. The van der Waals surface area contributed by atoms with E-state index < -0.39 is 10.0 Å². The Morgan fingerprint density at radius 1 is 1.47 bits per heavy atom. The van der Waals surface area contributed by atoms with E-state index in [9.17, 15) is 13.5 Å². The number of hydrogen-bond acceptors (Lipinski definition) is 5. The van der Waals surface area contributed by atoms with Crippen LogP contribution in [0.4, 0.5) is 0 Å². The number of fused-ring (bicyclic) bond motifs is 1. The third-order valence-electron chi connectivity index (χ3n) is 4.50. The Labute approximate surface area is 115 Å². The van der Waals surface area contributed by atoms with Crippen LogP contribution >= 0.6 is 0 Å². The molecule has 2 rings (SSSR count). The van der Waals surface area contributed by atoms with Gasteiger partial charge in [-0.15, -0.1) is 0 Å². The summed E-state index contributed by atoms with van der Waals surface area (Å²) < 4.78 is 24.6. The highest BCUT2D eigenvalue weighted by Crippen LogP contribution is 2.38. The molecule has 2 atom stereocenters. The van der Waals surface area contributed by atoms with Crippen LogP contribution in [0, 0.1) is 11.3 Å². The van der Waals surface area contributed by atoms with Crippen LogP contribution in [0.2, 0.25) is 0 Å². The standard InChI is InChI=1S/C12H25N3O3S/c1-14(2)19(17,18)5-3-4-15-7-11-6-13-8-12(11,9-15)10-16/h11,13,16H,3-10H2,1-2H3. The first kappa shape index (κ1) is 15.2. The van der Waals surface area contributed by atoms with Crippen molar-refractivity contribution in [1.82, 2.24) is 14.5 Å². The summed E-state index contributed by atoms with van der Waals surface area (Å²) in [4.78, 5) is 2.30. The number of sulfonamides is 1. The lowest BCUT2D eigenvalue weighted by Crippen LogP contribution is -2.36. The molecule has 112 valence electrons. The minimum absolute atomic E-state index is 0.000420. The minimum Gasteiger partial charge on any atom is -0.396 e. The lowest BCUT2D eigenvalue weighted by molar-refractivity contribution is 0.125. The minimum atomic E-state index is -3.08. The van der Waals surface area contributed by atoms with E-state index in [1.54, 1.807) is 14.1 Å². The van der Waals surface area contributed by atoms with Gasteiger partial charge in [0.1, 0.15) is 0 Å². The zero-order valence-corrected chi connectivity index (χ0v) is 12.6. The number of hydrogen-bond donors (Lipinski definition) is 2. The fourth-order valence-electron chi connectivity index (χ4n) is 3.18. The SMILES string of the molecule is CN(C)S(=O)(=O)CCCN1CC2CNCC2(CO)C1. The Bertz CT molecular complexity index is 412. The van der Waals surface area contributed by atoms with E-state index in [4.69, 9.17) is 0 Å². The molecule has 2 saturated heterocycles. The number of aliphatic hydroxyl groups excluding tert-OH is 1. The van der Waals surface area contributed by atoms with Gasteiger partial charge in [-0.25, -0.2) is 12.7 Å². The van der Waals surface area contributed by atoms with Crippen molar-refractivity contribution in [2.24, 2.45) is 11.3 Å². The molecule has 0 bridgehead atoms. The number of nitrogens with zero attached hydrogens (tertiary/aromatic N) is 2. The molecule has 0 aliphatic carbocycles. The molecule has 2 unspecified atom stereocenters. The first-order valence-corrected chi connectivity index (χ1v) is 8.45. The first-order valence-electron chi connectivity index (χ1n) is 6.84. The molecular formula is C12H25N3O3S. The summed E-state index contributed by atoms with van der Waals surface area (Å²) in [6.07, 6.45) is 0.655. The van der Waals surface area contributed by atoms with Crippen molar-refractivity contribution in [3.05, 3.63) is 0 Å². The number of rotatable bonds is 6. The lowest BCUT2D eigenvalue weighted by Gasteiger charge is -2.25. The van der Waals surface area contributed by atoms with Crippen molar-refractivity contribution in [3.63, 3.8) is 0 Å². The van der Waals surface area contributed by atoms with Crippen molar-refractivity contribution >= 4 is 10.0 Å². The third-order valence-corrected chi connectivity index (χ3v) is 6.42. The fraction of sp³-hybridized carbons (Fsp3) is 1.00. The predicted molar refractivity (Wildman–Crippen MR) is 74.4 cm³/mol. The maximum Gasteiger partial charge on any atom is 0.213 e. The van der Waals surface area contributed by atoms with Gasteiger partial charge in [0, 0.05) is 39.1 Å². The van der Waals surface area contributed by atoms with Crippen molar-refractivity contribution in [2.75, 3.05) is 59.2 Å². The molecule has 2 aliphatic heterocycles. The molecule has 7 heteroatoms. The fourth-order valence-corrected chi connectivity index (χ4v) is 4.04. The Morgan fingerprint density at radius 2 is 2.21 bits per heavy atom. The van der Waals surface area contributed by atoms with E-state index in [1.807, 2.05) is 0 Å². The van der Waals surface area contributed by atoms with Gasteiger partial charge in [0.05, 0.1) is 12.4 Å². The van der Waals surface area contributed by atoms with Gasteiger partial charge in [-0.1, -0.05) is 0 Å². The highest BCUT2D eigenvalue weighted by Gasteiger charge is 2.48. The van der Waals surface area contributed by atoms with Crippen LogP contribution in [0.15, 0.2) is 0 Å². The molecule has 0 spiro atoms. The Balaban J connectivity index is 1.80. The molecule has 0 amide bonds. The maximum atomic E-state index is 11.7. The van der Waals surface area contributed by atoms with Gasteiger partial charge in [0.15, 0.2) is 0 Å². The zero-order chi connectivity index (χ0) is 14.1. The van der Waals surface area contributed by atoms with Crippen molar-refractivity contribution in [3.8, 4) is 0 Å². The third kappa shape index (κ3) is 3.11. The first-order chi connectivity index (χ1) is 8.89. The lowest BCUT2D eigenvalue weighted by atomic mass is 9.82. The van der Waals surface area contributed by atoms with E-state index in [-0.39, 0.29) is 17.8 Å². The van der Waals surface area contributed by atoms with Crippen LogP contribution in [0.1, 0.15) is 6.42 Å². The Hall–Kier alpha value is -0.210. The Kier molecular flexibility index (Phi) is 4.52. The maximum absolute atomic E-state index is 11.7. The highest BCUT2D eigenvalue weighted by atomic mass is 32.2. The van der Waals surface area contributed by atoms with Gasteiger partial charge in [-0.2, -0.15) is 0 Å². The van der Waals surface area contributed by atoms with E-state index in [0.29, 0.717) is 12.3 Å². The van der Waals surface area contributed by atoms with Crippen LogP contribution in [0.25, 0.3) is 0 Å². The number of aliphatic hydroxyl groups is 1. The van der Waals surface area contributed by atoms with E-state index >= 15 is 0 Å². The van der Waals surface area contributed by atoms with Gasteiger partial charge < -0.3 is 15.3 Å². The molecule has 0 aromatic heterocycles. The quantitative estimate of drug-likeness (QED) is 0.642. The zero-order valence-electron chi connectivity index (χ0n) is 11.8. The number of likely N-dealkylation sites (tertiary alicyclic amines) is 1. The van der Waals surface area contributed by atoms with Gasteiger partial charge in [-0.3, -0.25) is 0 Å². The average molecular weight is 291 g/mol. The summed E-state index contributed by atoms with van der Waals surface area (Å²) in [7, 11) is 0.0585. The molecule has 0 aromatic carbocycles. The van der Waals surface area contributed by atoms with Crippen LogP contribution in [-0.4, -0.2) is 81.9 Å². The normalized spacial score (nSPS) is 32.1. The largest absolute Gasteiger partial charge is 0.396 e. The predicted octanol–water partition coefficient (Wildman–Crippen LogP) is -1.22. The molecule has 2 N–H and O–H groups in total. The van der Waals surface area contributed by atoms with Crippen LogP contribution in [-0.2, 0) is 10.0 Å². The summed E-state index contributed by atoms with van der Waals surface area (Å²) >= 11 is 0. The van der Waals surface area contributed by atoms with E-state index in [0.717, 1.165) is 32.7 Å². The van der Waals surface area contributed by atoms with Crippen LogP contribution in [0.3, 0.4) is 0 Å². The van der Waals surface area contributed by atoms with Crippen LogP contribution in [0.5, 0.6) is 0 Å². The second-order valence-corrected chi connectivity index (χ2v) is 8.34. The topological polar surface area (TPSA) is 72.9 Å². The van der Waals surface area contributed by atoms with Crippen LogP contribution < -0.4 is 5.32 Å². The Morgan fingerprint density at radius 3 is 2.79 bits per heavy atom. The van der Waals surface area contributed by atoms with Crippen molar-refractivity contribution < 1.29 is 13.5 Å². The second kappa shape index (κ2) is 5.65. The molecule has 0 aromatic rings. The molecule has 2 fully saturated rings. The molecule has 2 aliphatic rings. The van der Waals surface area contributed by atoms with Gasteiger partial charge in [0.2, 0.25) is 10.0 Å². The molecule has 6 nitrogen and oxygen atoms in total. The van der Waals surface area contributed by atoms with Gasteiger partial charge >= 0.3 is 0 Å². The molecule has 2 heterocycles. The molecule has 0 radical (unpaired) electrons. The second-order valence-electron chi connectivity index (χ2n) is 6.04. The van der Waals surface area contributed by atoms with Gasteiger partial charge in [0.25, 0.3) is 0 Å². The van der Waals surface area contributed by atoms with E-state index in [2.05, 4.69) is 10.2 Å².